The van der Waals surface area contributed by atoms with Gasteiger partial charge in [0.1, 0.15) is 6.10 Å². The van der Waals surface area contributed by atoms with Gasteiger partial charge in [0.2, 0.25) is 0 Å². The van der Waals surface area contributed by atoms with Gasteiger partial charge in [0.05, 0.1) is 0 Å². The van der Waals surface area contributed by atoms with Crippen LogP contribution in [0.2, 0.25) is 0 Å². The second-order valence-electron chi connectivity index (χ2n) is 9.95. The molecule has 0 aliphatic heterocycles. The monoisotopic (exact) mass is 468 g/mol. The lowest BCUT2D eigenvalue weighted by molar-refractivity contribution is -0.150. The third-order valence-corrected chi connectivity index (χ3v) is 6.58. The fourth-order valence-electron chi connectivity index (χ4n) is 4.43. The van der Waals surface area contributed by atoms with Crippen LogP contribution in [0.25, 0.3) is 0 Å². The fourth-order valence-corrected chi connectivity index (χ4v) is 4.43. The van der Waals surface area contributed by atoms with Crippen molar-refractivity contribution in [2.75, 3.05) is 0 Å². The Morgan fingerprint density at radius 1 is 0.545 bits per heavy atom. The second-order valence-corrected chi connectivity index (χ2v) is 9.95. The zero-order chi connectivity index (χ0) is 24.4. The highest BCUT2D eigenvalue weighted by molar-refractivity contribution is 5.69. The number of aliphatic carboxylic acids is 1. The van der Waals surface area contributed by atoms with E-state index in [2.05, 4.69) is 13.8 Å². The van der Waals surface area contributed by atoms with E-state index in [0.29, 0.717) is 19.3 Å². The van der Waals surface area contributed by atoms with Crippen molar-refractivity contribution in [1.82, 2.24) is 0 Å². The van der Waals surface area contributed by atoms with Crippen molar-refractivity contribution in [3.8, 4) is 0 Å². The summed E-state index contributed by atoms with van der Waals surface area (Å²) in [5.41, 5.74) is 0. The van der Waals surface area contributed by atoms with E-state index in [4.69, 9.17) is 9.84 Å². The fraction of sp³-hybridized carbons (Fsp3) is 0.931. The minimum absolute atomic E-state index is 0.0923. The van der Waals surface area contributed by atoms with Gasteiger partial charge in [-0.25, -0.2) is 0 Å². The molecule has 0 heterocycles. The number of esters is 1. The zero-order valence-corrected chi connectivity index (χ0v) is 22.2. The molecule has 196 valence electrons. The molecular weight excluding hydrogens is 412 g/mol. The van der Waals surface area contributed by atoms with Gasteiger partial charge < -0.3 is 9.84 Å². The van der Waals surface area contributed by atoms with E-state index in [9.17, 15) is 9.59 Å². The van der Waals surface area contributed by atoms with Crippen LogP contribution < -0.4 is 0 Å². The SMILES string of the molecule is CCCCCCCCCCCCCCC(=O)OC(CCCCCCCCC)CCCC(=O)O. The third kappa shape index (κ3) is 25.4. The Morgan fingerprint density at radius 3 is 1.39 bits per heavy atom. The van der Waals surface area contributed by atoms with Gasteiger partial charge in [-0.1, -0.05) is 123 Å². The Bertz CT molecular complexity index is 435. The smallest absolute Gasteiger partial charge is 0.306 e. The Balaban J connectivity index is 3.82. The van der Waals surface area contributed by atoms with Crippen LogP contribution in [0.5, 0.6) is 0 Å². The number of carbonyl (C=O) groups excluding carboxylic acids is 1. The first kappa shape index (κ1) is 31.9. The predicted molar refractivity (Wildman–Crippen MR) is 140 cm³/mol. The van der Waals surface area contributed by atoms with Crippen LogP contribution in [0, 0.1) is 0 Å². The largest absolute Gasteiger partial charge is 0.481 e. The lowest BCUT2D eigenvalue weighted by atomic mass is 10.0. The summed E-state index contributed by atoms with van der Waals surface area (Å²) in [7, 11) is 0. The van der Waals surface area contributed by atoms with Crippen LogP contribution in [0.3, 0.4) is 0 Å². The summed E-state index contributed by atoms with van der Waals surface area (Å²) in [6, 6.07) is 0. The first-order valence-corrected chi connectivity index (χ1v) is 14.5. The van der Waals surface area contributed by atoms with Crippen LogP contribution in [0.4, 0.5) is 0 Å². The van der Waals surface area contributed by atoms with Crippen molar-refractivity contribution < 1.29 is 19.4 Å². The lowest BCUT2D eigenvalue weighted by Crippen LogP contribution is -2.18. The Hall–Kier alpha value is -1.06. The summed E-state index contributed by atoms with van der Waals surface area (Å²) in [5.74, 6) is -0.863. The maximum absolute atomic E-state index is 12.3. The number of carboxylic acid groups (broad SMARTS) is 1. The highest BCUT2D eigenvalue weighted by Crippen LogP contribution is 2.17. The molecule has 0 aliphatic rings. The summed E-state index contributed by atoms with van der Waals surface area (Å²) in [4.78, 5) is 23.1. The van der Waals surface area contributed by atoms with Gasteiger partial charge in [0, 0.05) is 12.8 Å². The molecule has 1 unspecified atom stereocenters. The molecule has 0 aromatic rings. The molecule has 0 bridgehead atoms. The number of ether oxygens (including phenoxy) is 1. The van der Waals surface area contributed by atoms with Crippen LogP contribution >= 0.6 is 0 Å². The van der Waals surface area contributed by atoms with E-state index in [0.717, 1.165) is 25.7 Å². The Labute approximate surface area is 205 Å². The Morgan fingerprint density at radius 2 is 0.939 bits per heavy atom. The van der Waals surface area contributed by atoms with Gasteiger partial charge in [0.15, 0.2) is 0 Å². The highest BCUT2D eigenvalue weighted by atomic mass is 16.5. The second kappa shape index (κ2) is 25.6. The number of carboxylic acids is 1. The molecule has 0 aromatic heterocycles. The molecule has 0 spiro atoms. The summed E-state index contributed by atoms with van der Waals surface area (Å²) in [6.45, 7) is 4.49. The summed E-state index contributed by atoms with van der Waals surface area (Å²) in [6.07, 6.45) is 26.8. The third-order valence-electron chi connectivity index (χ3n) is 6.58. The van der Waals surface area contributed by atoms with Crippen molar-refractivity contribution in [2.24, 2.45) is 0 Å². The molecule has 0 amide bonds. The lowest BCUT2D eigenvalue weighted by Gasteiger charge is -2.18. The van der Waals surface area contributed by atoms with E-state index in [1.165, 1.54) is 103 Å². The standard InChI is InChI=1S/C29H56O4/c1-3-5-7-9-11-12-13-14-15-17-19-21-26-29(32)33-27(24-22-25-28(30)31)23-20-18-16-10-8-6-4-2/h27H,3-26H2,1-2H3,(H,30,31). The van der Waals surface area contributed by atoms with Gasteiger partial charge >= 0.3 is 11.9 Å². The maximum Gasteiger partial charge on any atom is 0.306 e. The van der Waals surface area contributed by atoms with Gasteiger partial charge in [-0.2, -0.15) is 0 Å². The van der Waals surface area contributed by atoms with Gasteiger partial charge in [-0.05, 0) is 32.1 Å². The van der Waals surface area contributed by atoms with E-state index in [-0.39, 0.29) is 18.5 Å². The molecule has 1 N–H and O–H groups in total. The number of unbranched alkanes of at least 4 members (excludes halogenated alkanes) is 17. The number of rotatable bonds is 26. The average Bonchev–Trinajstić information content (AvgIpc) is 2.78. The molecule has 4 nitrogen and oxygen atoms in total. The molecule has 0 fully saturated rings. The molecule has 4 heteroatoms. The predicted octanol–water partition coefficient (Wildman–Crippen LogP) is 9.39. The number of hydrogen-bond acceptors (Lipinski definition) is 3. The van der Waals surface area contributed by atoms with Crippen molar-refractivity contribution in [3.05, 3.63) is 0 Å². The minimum Gasteiger partial charge on any atom is -0.481 e. The molecule has 0 aliphatic carbocycles. The first-order valence-electron chi connectivity index (χ1n) is 14.5. The van der Waals surface area contributed by atoms with Crippen molar-refractivity contribution in [2.45, 2.75) is 174 Å². The Kier molecular flexibility index (Phi) is 24.7. The van der Waals surface area contributed by atoms with Gasteiger partial charge in [0.25, 0.3) is 0 Å². The molecule has 0 rings (SSSR count). The molecule has 1 atom stereocenters. The van der Waals surface area contributed by atoms with E-state index < -0.39 is 5.97 Å². The molecular formula is C29H56O4. The van der Waals surface area contributed by atoms with Crippen molar-refractivity contribution in [1.29, 1.82) is 0 Å². The van der Waals surface area contributed by atoms with Gasteiger partial charge in [-0.15, -0.1) is 0 Å². The first-order chi connectivity index (χ1) is 16.1. The molecule has 0 aromatic carbocycles. The quantitative estimate of drug-likeness (QED) is 0.101. The number of hydrogen-bond donors (Lipinski definition) is 1. The molecule has 33 heavy (non-hydrogen) atoms. The van der Waals surface area contributed by atoms with Gasteiger partial charge in [-0.3, -0.25) is 9.59 Å². The average molecular weight is 469 g/mol. The maximum atomic E-state index is 12.3. The normalized spacial score (nSPS) is 12.1. The van der Waals surface area contributed by atoms with Crippen molar-refractivity contribution >= 4 is 11.9 Å². The van der Waals surface area contributed by atoms with E-state index >= 15 is 0 Å². The van der Waals surface area contributed by atoms with E-state index in [1.54, 1.807) is 0 Å². The van der Waals surface area contributed by atoms with Crippen molar-refractivity contribution in [3.63, 3.8) is 0 Å². The minimum atomic E-state index is -0.771. The van der Waals surface area contributed by atoms with E-state index in [1.807, 2.05) is 0 Å². The molecule has 0 saturated heterocycles. The van der Waals surface area contributed by atoms with Crippen LogP contribution in [0.15, 0.2) is 0 Å². The zero-order valence-electron chi connectivity index (χ0n) is 22.2. The topological polar surface area (TPSA) is 63.6 Å². The summed E-state index contributed by atoms with van der Waals surface area (Å²) >= 11 is 0. The number of carbonyl (C=O) groups is 2. The van der Waals surface area contributed by atoms with Crippen LogP contribution in [-0.4, -0.2) is 23.1 Å². The summed E-state index contributed by atoms with van der Waals surface area (Å²) < 4.78 is 5.75. The molecule has 0 radical (unpaired) electrons. The molecule has 0 saturated carbocycles. The van der Waals surface area contributed by atoms with Crippen LogP contribution in [-0.2, 0) is 14.3 Å². The van der Waals surface area contributed by atoms with Crippen LogP contribution in [0.1, 0.15) is 168 Å². The summed E-state index contributed by atoms with van der Waals surface area (Å²) in [5, 5.41) is 8.90. The highest BCUT2D eigenvalue weighted by Gasteiger charge is 2.15.